The summed E-state index contributed by atoms with van der Waals surface area (Å²) in [4.78, 5) is 2.22. The van der Waals surface area contributed by atoms with Crippen molar-refractivity contribution in [1.29, 1.82) is 0 Å². The molecular weight excluding hydrogens is 260 g/mol. The molecule has 2 aromatic rings. The summed E-state index contributed by atoms with van der Waals surface area (Å²) in [6.07, 6.45) is -0.0290. The molecule has 0 aliphatic carbocycles. The Hall–Kier alpha value is -1.94. The first-order valence-electron chi connectivity index (χ1n) is 6.59. The van der Waals surface area contributed by atoms with Gasteiger partial charge in [-0.1, -0.05) is 30.3 Å². The van der Waals surface area contributed by atoms with E-state index < -0.39 is 11.6 Å². The molecule has 0 spiro atoms. The van der Waals surface area contributed by atoms with Crippen LogP contribution in [-0.2, 0) is 6.54 Å². The molecular formula is C16H15F2NO. The minimum atomic E-state index is -0.647. The first kappa shape index (κ1) is 13.1. The van der Waals surface area contributed by atoms with Crippen LogP contribution in [0.3, 0.4) is 0 Å². The van der Waals surface area contributed by atoms with E-state index in [0.29, 0.717) is 0 Å². The van der Waals surface area contributed by atoms with Gasteiger partial charge in [0.05, 0.1) is 0 Å². The molecule has 4 heteroatoms. The second-order valence-corrected chi connectivity index (χ2v) is 4.99. The number of ether oxygens (including phenoxy) is 1. The van der Waals surface area contributed by atoms with Crippen LogP contribution in [-0.4, -0.2) is 24.1 Å². The van der Waals surface area contributed by atoms with Crippen molar-refractivity contribution in [2.45, 2.75) is 12.6 Å². The normalized spacial score (nSPS) is 15.9. The van der Waals surface area contributed by atoms with Crippen molar-refractivity contribution in [3.05, 3.63) is 65.7 Å². The average Bonchev–Trinajstić information content (AvgIpc) is 2.40. The van der Waals surface area contributed by atoms with Gasteiger partial charge in [-0.25, -0.2) is 8.78 Å². The Morgan fingerprint density at radius 3 is 2.50 bits per heavy atom. The van der Waals surface area contributed by atoms with E-state index in [1.165, 1.54) is 17.7 Å². The summed E-state index contributed by atoms with van der Waals surface area (Å²) >= 11 is 0. The van der Waals surface area contributed by atoms with E-state index >= 15 is 0 Å². The third kappa shape index (κ3) is 2.96. The lowest BCUT2D eigenvalue weighted by atomic mass is 10.1. The molecule has 1 heterocycles. The maximum absolute atomic E-state index is 13.4. The number of hydrogen-bond acceptors (Lipinski definition) is 2. The lowest BCUT2D eigenvalue weighted by Crippen LogP contribution is -2.53. The Balaban J connectivity index is 1.51. The average molecular weight is 275 g/mol. The van der Waals surface area contributed by atoms with Gasteiger partial charge >= 0.3 is 0 Å². The van der Waals surface area contributed by atoms with Crippen molar-refractivity contribution in [2.24, 2.45) is 0 Å². The topological polar surface area (TPSA) is 12.5 Å². The van der Waals surface area contributed by atoms with Gasteiger partial charge in [0.2, 0.25) is 0 Å². The predicted octanol–water partition coefficient (Wildman–Crippen LogP) is 3.23. The van der Waals surface area contributed by atoms with Crippen LogP contribution >= 0.6 is 0 Å². The molecule has 0 amide bonds. The zero-order chi connectivity index (χ0) is 13.9. The molecule has 0 aromatic heterocycles. The van der Waals surface area contributed by atoms with Crippen molar-refractivity contribution in [3.63, 3.8) is 0 Å². The minimum Gasteiger partial charge on any atom is -0.485 e. The fraction of sp³-hybridized carbons (Fsp3) is 0.250. The number of hydrogen-bond donors (Lipinski definition) is 0. The molecule has 0 atom stereocenters. The van der Waals surface area contributed by atoms with Crippen LogP contribution in [0.1, 0.15) is 5.56 Å². The maximum Gasteiger partial charge on any atom is 0.167 e. The molecule has 0 unspecified atom stereocenters. The van der Waals surface area contributed by atoms with Crippen LogP contribution in [0.15, 0.2) is 48.5 Å². The number of nitrogens with zero attached hydrogens (tertiary/aromatic N) is 1. The SMILES string of the molecule is Fc1ccc(OC2CN(Cc3ccccc3)C2)c(F)c1. The van der Waals surface area contributed by atoms with Gasteiger partial charge in [0.1, 0.15) is 11.9 Å². The van der Waals surface area contributed by atoms with Crippen LogP contribution in [0.25, 0.3) is 0 Å². The maximum atomic E-state index is 13.4. The molecule has 1 fully saturated rings. The van der Waals surface area contributed by atoms with Crippen LogP contribution in [0.5, 0.6) is 5.75 Å². The molecule has 104 valence electrons. The highest BCUT2D eigenvalue weighted by molar-refractivity contribution is 5.25. The third-order valence-corrected chi connectivity index (χ3v) is 3.36. The Morgan fingerprint density at radius 2 is 1.80 bits per heavy atom. The Bertz CT molecular complexity index is 582. The van der Waals surface area contributed by atoms with Crippen molar-refractivity contribution in [1.82, 2.24) is 4.90 Å². The lowest BCUT2D eigenvalue weighted by Gasteiger charge is -2.39. The summed E-state index contributed by atoms with van der Waals surface area (Å²) in [5.74, 6) is -1.11. The molecule has 0 bridgehead atoms. The quantitative estimate of drug-likeness (QED) is 0.849. The molecule has 0 saturated carbocycles. The summed E-state index contributed by atoms with van der Waals surface area (Å²) in [7, 11) is 0. The van der Waals surface area contributed by atoms with Gasteiger partial charge in [-0.2, -0.15) is 0 Å². The molecule has 2 nitrogen and oxygen atoms in total. The van der Waals surface area contributed by atoms with E-state index in [1.807, 2.05) is 18.2 Å². The monoisotopic (exact) mass is 275 g/mol. The summed E-state index contributed by atoms with van der Waals surface area (Å²) in [6.45, 7) is 2.38. The second kappa shape index (κ2) is 5.59. The Labute approximate surface area is 116 Å². The largest absolute Gasteiger partial charge is 0.485 e. The van der Waals surface area contributed by atoms with E-state index in [0.717, 1.165) is 25.7 Å². The van der Waals surface area contributed by atoms with Gasteiger partial charge in [-0.05, 0) is 17.7 Å². The molecule has 20 heavy (non-hydrogen) atoms. The summed E-state index contributed by atoms with van der Waals surface area (Å²) in [6, 6.07) is 13.6. The van der Waals surface area contributed by atoms with E-state index in [9.17, 15) is 8.78 Å². The fourth-order valence-electron chi connectivity index (χ4n) is 2.32. The van der Waals surface area contributed by atoms with Crippen molar-refractivity contribution >= 4 is 0 Å². The zero-order valence-corrected chi connectivity index (χ0v) is 10.9. The minimum absolute atomic E-state index is 0.0290. The van der Waals surface area contributed by atoms with Gasteiger partial charge in [0, 0.05) is 25.7 Å². The molecule has 2 aromatic carbocycles. The first-order chi connectivity index (χ1) is 9.70. The number of benzene rings is 2. The Morgan fingerprint density at radius 1 is 1.05 bits per heavy atom. The molecule has 1 aliphatic heterocycles. The van der Waals surface area contributed by atoms with Crippen molar-refractivity contribution in [2.75, 3.05) is 13.1 Å². The van der Waals surface area contributed by atoms with E-state index in [2.05, 4.69) is 17.0 Å². The highest BCUT2D eigenvalue weighted by atomic mass is 19.1. The smallest absolute Gasteiger partial charge is 0.167 e. The van der Waals surface area contributed by atoms with Gasteiger partial charge < -0.3 is 4.74 Å². The predicted molar refractivity (Wildman–Crippen MR) is 72.5 cm³/mol. The van der Waals surface area contributed by atoms with Gasteiger partial charge in [0.25, 0.3) is 0 Å². The highest BCUT2D eigenvalue weighted by Crippen LogP contribution is 2.23. The number of likely N-dealkylation sites (tertiary alicyclic amines) is 1. The molecule has 0 radical (unpaired) electrons. The highest BCUT2D eigenvalue weighted by Gasteiger charge is 2.28. The molecule has 3 rings (SSSR count). The molecule has 1 aliphatic rings. The lowest BCUT2D eigenvalue weighted by molar-refractivity contribution is 0.0122. The van der Waals surface area contributed by atoms with E-state index in [-0.39, 0.29) is 11.9 Å². The van der Waals surface area contributed by atoms with E-state index in [4.69, 9.17) is 4.74 Å². The number of halogens is 2. The van der Waals surface area contributed by atoms with Crippen LogP contribution < -0.4 is 4.74 Å². The Kier molecular flexibility index (Phi) is 3.65. The molecule has 0 N–H and O–H groups in total. The van der Waals surface area contributed by atoms with Crippen molar-refractivity contribution in [3.8, 4) is 5.75 Å². The van der Waals surface area contributed by atoms with Crippen molar-refractivity contribution < 1.29 is 13.5 Å². The summed E-state index contributed by atoms with van der Waals surface area (Å²) in [5.41, 5.74) is 1.25. The van der Waals surface area contributed by atoms with Gasteiger partial charge in [-0.15, -0.1) is 0 Å². The summed E-state index contributed by atoms with van der Waals surface area (Å²) in [5, 5.41) is 0. The van der Waals surface area contributed by atoms with Crippen LogP contribution in [0.4, 0.5) is 8.78 Å². The first-order valence-corrected chi connectivity index (χ1v) is 6.59. The van der Waals surface area contributed by atoms with Gasteiger partial charge in [-0.3, -0.25) is 4.90 Å². The van der Waals surface area contributed by atoms with Crippen LogP contribution in [0.2, 0.25) is 0 Å². The van der Waals surface area contributed by atoms with E-state index in [1.54, 1.807) is 0 Å². The summed E-state index contributed by atoms with van der Waals surface area (Å²) < 4.78 is 31.7. The third-order valence-electron chi connectivity index (χ3n) is 3.36. The number of rotatable bonds is 4. The zero-order valence-electron chi connectivity index (χ0n) is 10.9. The van der Waals surface area contributed by atoms with Crippen LogP contribution in [0, 0.1) is 11.6 Å². The van der Waals surface area contributed by atoms with Gasteiger partial charge in [0.15, 0.2) is 11.6 Å². The second-order valence-electron chi connectivity index (χ2n) is 4.99. The fourth-order valence-corrected chi connectivity index (χ4v) is 2.32. The standard InChI is InChI=1S/C16H15F2NO/c17-13-6-7-16(15(18)8-13)20-14-10-19(11-14)9-12-4-2-1-3-5-12/h1-8,14H,9-11H2. The molecule has 1 saturated heterocycles.